The Morgan fingerprint density at radius 2 is 1.59 bits per heavy atom. The van der Waals surface area contributed by atoms with E-state index < -0.39 is 32.5 Å². The monoisotopic (exact) mass is 587 g/mol. The van der Waals surface area contributed by atoms with Crippen molar-refractivity contribution in [1.29, 1.82) is 0 Å². The molecular weight excluding hydrogens is 565 g/mol. The molecule has 0 aliphatic carbocycles. The summed E-state index contributed by atoms with van der Waals surface area (Å²) in [6.07, 6.45) is 0.940. The highest BCUT2D eigenvalue weighted by molar-refractivity contribution is 7.92. The first-order valence-electron chi connectivity index (χ1n) is 10.4. The third-order valence-electron chi connectivity index (χ3n) is 4.97. The number of hydrogen-bond acceptors (Lipinski definition) is 7. The molecule has 2 N–H and O–H groups in total. The number of carbonyl (C=O) groups excluding carboxylic acids is 1. The van der Waals surface area contributed by atoms with Gasteiger partial charge in [-0.2, -0.15) is 0 Å². The van der Waals surface area contributed by atoms with E-state index in [1.54, 1.807) is 12.1 Å². The first-order valence-corrected chi connectivity index (χ1v) is 14.5. The van der Waals surface area contributed by atoms with Crippen LogP contribution in [0, 0.1) is 0 Å². The number of carbonyl (C=O) groups is 1. The van der Waals surface area contributed by atoms with E-state index >= 15 is 0 Å². The quantitative estimate of drug-likeness (QED) is 0.363. The Balaban J connectivity index is 1.76. The van der Waals surface area contributed by atoms with Gasteiger partial charge in [0.15, 0.2) is 0 Å². The Hall–Kier alpha value is -3.19. The summed E-state index contributed by atoms with van der Waals surface area (Å²) in [7, 11) is -5.02. The maximum atomic E-state index is 12.9. The van der Waals surface area contributed by atoms with Crippen molar-refractivity contribution in [3.63, 3.8) is 0 Å². The number of ether oxygens (including phenoxy) is 2. The maximum absolute atomic E-state index is 12.9. The lowest BCUT2D eigenvalue weighted by molar-refractivity contribution is -0.114. The van der Waals surface area contributed by atoms with Crippen molar-refractivity contribution >= 4 is 66.2 Å². The number of nitrogens with zero attached hydrogens (tertiary/aromatic N) is 1. The third-order valence-corrected chi connectivity index (χ3v) is 8.01. The van der Waals surface area contributed by atoms with Gasteiger partial charge in [0, 0.05) is 16.8 Å². The Morgan fingerprint density at radius 3 is 2.16 bits per heavy atom. The fraction of sp³-hybridized carbons (Fsp3) is 0.174. The van der Waals surface area contributed by atoms with Gasteiger partial charge in [-0.3, -0.25) is 13.8 Å². The van der Waals surface area contributed by atoms with Gasteiger partial charge >= 0.3 is 0 Å². The molecule has 1 amide bonds. The van der Waals surface area contributed by atoms with E-state index in [2.05, 4.69) is 10.0 Å². The van der Waals surface area contributed by atoms with Crippen molar-refractivity contribution < 1.29 is 31.1 Å². The molecule has 0 aliphatic heterocycles. The van der Waals surface area contributed by atoms with E-state index in [1.165, 1.54) is 62.8 Å². The summed E-state index contributed by atoms with van der Waals surface area (Å²) in [6.45, 7) is -0.572. The number of sulfonamides is 2. The van der Waals surface area contributed by atoms with E-state index in [0.717, 1.165) is 10.6 Å². The van der Waals surface area contributed by atoms with Gasteiger partial charge in [0.1, 0.15) is 18.0 Å². The molecule has 0 unspecified atom stereocenters. The molecule has 0 aliphatic rings. The molecule has 0 bridgehead atoms. The fourth-order valence-corrected chi connectivity index (χ4v) is 5.70. The first-order chi connectivity index (χ1) is 17.3. The number of amides is 1. The van der Waals surface area contributed by atoms with Crippen molar-refractivity contribution in [2.45, 2.75) is 4.90 Å². The van der Waals surface area contributed by atoms with Crippen LogP contribution >= 0.6 is 23.2 Å². The molecule has 10 nitrogen and oxygen atoms in total. The fourth-order valence-electron chi connectivity index (χ4n) is 3.21. The summed E-state index contributed by atoms with van der Waals surface area (Å²) in [6, 6.07) is 14.2. The third kappa shape index (κ3) is 7.19. The first kappa shape index (κ1) is 28.4. The van der Waals surface area contributed by atoms with Gasteiger partial charge in [0.25, 0.3) is 10.0 Å². The molecular formula is C23H23Cl2N3O7S2. The molecule has 37 heavy (non-hydrogen) atoms. The van der Waals surface area contributed by atoms with Crippen molar-refractivity contribution in [2.24, 2.45) is 0 Å². The zero-order valence-electron chi connectivity index (χ0n) is 19.9. The Bertz CT molecular complexity index is 1510. The van der Waals surface area contributed by atoms with Crippen LogP contribution in [-0.2, 0) is 24.8 Å². The van der Waals surface area contributed by atoms with Crippen LogP contribution in [0.3, 0.4) is 0 Å². The minimum Gasteiger partial charge on any atom is -0.497 e. The second-order valence-corrected chi connectivity index (χ2v) is 12.0. The van der Waals surface area contributed by atoms with Crippen LogP contribution in [0.4, 0.5) is 17.1 Å². The van der Waals surface area contributed by atoms with Crippen molar-refractivity contribution in [1.82, 2.24) is 0 Å². The lowest BCUT2D eigenvalue weighted by Gasteiger charge is -2.23. The number of anilines is 3. The van der Waals surface area contributed by atoms with Gasteiger partial charge < -0.3 is 14.8 Å². The minimum absolute atomic E-state index is 0.0560. The molecule has 0 heterocycles. The number of nitrogens with one attached hydrogen (secondary N) is 2. The van der Waals surface area contributed by atoms with Gasteiger partial charge in [-0.05, 0) is 54.6 Å². The highest BCUT2D eigenvalue weighted by Gasteiger charge is 2.24. The van der Waals surface area contributed by atoms with Gasteiger partial charge in [0.05, 0.1) is 41.8 Å². The van der Waals surface area contributed by atoms with Gasteiger partial charge in [-0.1, -0.05) is 23.2 Å². The number of methoxy groups -OCH3 is 2. The van der Waals surface area contributed by atoms with Crippen LogP contribution in [0.1, 0.15) is 0 Å². The summed E-state index contributed by atoms with van der Waals surface area (Å²) in [5.74, 6) is 0.0513. The molecule has 0 saturated heterocycles. The molecule has 3 aromatic carbocycles. The molecule has 14 heteroatoms. The van der Waals surface area contributed by atoms with E-state index in [0.29, 0.717) is 16.5 Å². The van der Waals surface area contributed by atoms with Crippen LogP contribution in [0.25, 0.3) is 0 Å². The summed E-state index contributed by atoms with van der Waals surface area (Å²) in [5.41, 5.74) is 0.517. The highest BCUT2D eigenvalue weighted by Crippen LogP contribution is 2.32. The predicted octanol–water partition coefficient (Wildman–Crippen LogP) is 4.22. The smallest absolute Gasteiger partial charge is 0.262 e. The largest absolute Gasteiger partial charge is 0.497 e. The zero-order chi connectivity index (χ0) is 27.4. The Labute approximate surface area is 225 Å². The second-order valence-electron chi connectivity index (χ2n) is 7.61. The average Bonchev–Trinajstić information content (AvgIpc) is 2.82. The van der Waals surface area contributed by atoms with Crippen LogP contribution in [-0.4, -0.2) is 49.8 Å². The number of hydrogen-bond donors (Lipinski definition) is 2. The minimum atomic E-state index is -4.01. The van der Waals surface area contributed by atoms with E-state index in [4.69, 9.17) is 32.7 Å². The molecule has 0 atom stereocenters. The maximum Gasteiger partial charge on any atom is 0.262 e. The van der Waals surface area contributed by atoms with Crippen molar-refractivity contribution in [3.05, 3.63) is 70.7 Å². The molecule has 0 spiro atoms. The number of rotatable bonds is 10. The van der Waals surface area contributed by atoms with Gasteiger partial charge in [-0.15, -0.1) is 0 Å². The molecule has 3 aromatic rings. The number of benzene rings is 3. The van der Waals surface area contributed by atoms with E-state index in [9.17, 15) is 21.6 Å². The Morgan fingerprint density at radius 1 is 0.919 bits per heavy atom. The highest BCUT2D eigenvalue weighted by atomic mass is 35.5. The second kappa shape index (κ2) is 11.5. The summed E-state index contributed by atoms with van der Waals surface area (Å²) in [4.78, 5) is 12.5. The number of halogens is 2. The van der Waals surface area contributed by atoms with Gasteiger partial charge in [0.2, 0.25) is 15.9 Å². The summed E-state index contributed by atoms with van der Waals surface area (Å²) in [5, 5.41) is 2.90. The molecule has 0 aromatic heterocycles. The Kier molecular flexibility index (Phi) is 8.80. The average molecular weight is 588 g/mol. The van der Waals surface area contributed by atoms with Gasteiger partial charge in [-0.25, -0.2) is 16.8 Å². The van der Waals surface area contributed by atoms with E-state index in [1.807, 2.05) is 0 Å². The van der Waals surface area contributed by atoms with Crippen LogP contribution in [0.15, 0.2) is 65.6 Å². The summed E-state index contributed by atoms with van der Waals surface area (Å²) < 4.78 is 64.0. The van der Waals surface area contributed by atoms with Crippen LogP contribution in [0.5, 0.6) is 11.5 Å². The SMILES string of the molecule is COc1ccc(OC)c(NS(=O)(=O)c2ccc(NC(=O)CN(c3ccc(Cl)cc3Cl)S(C)(=O)=O)cc2)c1. The van der Waals surface area contributed by atoms with Crippen LogP contribution < -0.4 is 23.8 Å². The molecule has 3 rings (SSSR count). The molecule has 0 radical (unpaired) electrons. The van der Waals surface area contributed by atoms with Crippen molar-refractivity contribution in [2.75, 3.05) is 41.4 Å². The normalized spacial score (nSPS) is 11.5. The topological polar surface area (TPSA) is 131 Å². The standard InChI is InChI=1S/C23H23Cl2N3O7S2/c1-34-17-7-11-22(35-2)20(13-17)27-37(32,33)18-8-5-16(6-9-18)26-23(29)14-28(36(3,30)31)21-10-4-15(24)12-19(21)25/h4-13,27H,14H2,1-3H3,(H,26,29). The predicted molar refractivity (Wildman–Crippen MR) is 144 cm³/mol. The molecule has 198 valence electrons. The van der Waals surface area contributed by atoms with Crippen molar-refractivity contribution in [3.8, 4) is 11.5 Å². The lowest BCUT2D eigenvalue weighted by Crippen LogP contribution is -2.37. The summed E-state index contributed by atoms with van der Waals surface area (Å²) >= 11 is 12.0. The van der Waals surface area contributed by atoms with Crippen LogP contribution in [0.2, 0.25) is 10.0 Å². The van der Waals surface area contributed by atoms with E-state index in [-0.39, 0.29) is 27.0 Å². The lowest BCUT2D eigenvalue weighted by atomic mass is 10.3. The molecule has 0 fully saturated rings. The zero-order valence-corrected chi connectivity index (χ0v) is 23.0. The molecule has 0 saturated carbocycles.